The smallest absolute Gasteiger partial charge is 0.466 e. The molecule has 0 spiro atoms. The predicted molar refractivity (Wildman–Crippen MR) is 90.8 cm³/mol. The summed E-state index contributed by atoms with van der Waals surface area (Å²) in [6, 6.07) is 3.33. The van der Waals surface area contributed by atoms with Gasteiger partial charge in [0.1, 0.15) is 0 Å². The van der Waals surface area contributed by atoms with Gasteiger partial charge < -0.3 is 23.9 Å². The summed E-state index contributed by atoms with van der Waals surface area (Å²) in [4.78, 5) is 11.4. The van der Waals surface area contributed by atoms with Crippen molar-refractivity contribution in [3.05, 3.63) is 23.8 Å². The van der Waals surface area contributed by atoms with Crippen LogP contribution in [-0.2, 0) is 14.1 Å². The van der Waals surface area contributed by atoms with E-state index in [0.29, 0.717) is 0 Å². The van der Waals surface area contributed by atoms with Crippen molar-refractivity contribution in [1.82, 2.24) is 0 Å². The van der Waals surface area contributed by atoms with Crippen LogP contribution >= 0.6 is 0 Å². The van der Waals surface area contributed by atoms with Gasteiger partial charge >= 0.3 is 26.3 Å². The zero-order valence-corrected chi connectivity index (χ0v) is 15.7. The van der Waals surface area contributed by atoms with Crippen molar-refractivity contribution in [2.45, 2.75) is 64.4 Å². The van der Waals surface area contributed by atoms with E-state index in [0.717, 1.165) is 12.1 Å². The maximum atomic E-state index is 12.7. The van der Waals surface area contributed by atoms with E-state index in [1.54, 1.807) is 27.7 Å². The van der Waals surface area contributed by atoms with Gasteiger partial charge in [0.25, 0.3) is 0 Å². The van der Waals surface area contributed by atoms with Crippen molar-refractivity contribution in [3.8, 4) is 11.5 Å². The van der Waals surface area contributed by atoms with Gasteiger partial charge in [-0.05, 0) is 45.4 Å². The lowest BCUT2D eigenvalue weighted by Crippen LogP contribution is -2.41. The number of alkyl halides is 4. The van der Waals surface area contributed by atoms with Crippen molar-refractivity contribution in [2.75, 3.05) is 0 Å². The summed E-state index contributed by atoms with van der Waals surface area (Å²) in [5, 5.41) is 9.27. The van der Waals surface area contributed by atoms with Crippen LogP contribution in [0.25, 0.3) is 0 Å². The molecule has 0 aliphatic carbocycles. The number of halogens is 4. The molecule has 6 nitrogen and oxygen atoms in total. The molecule has 1 N–H and O–H groups in total. The average Bonchev–Trinajstić information content (AvgIpc) is 2.73. The molecule has 1 aliphatic rings. The van der Waals surface area contributed by atoms with Gasteiger partial charge in [-0.2, -0.15) is 17.6 Å². The summed E-state index contributed by atoms with van der Waals surface area (Å²) >= 11 is 0. The van der Waals surface area contributed by atoms with Crippen LogP contribution in [0.5, 0.6) is 11.5 Å². The SMILES string of the molecule is CC1(C)OB(C(CC(=O)O)c2ccc(OC(F)F)c(OC(F)F)c2)OC1(C)C. The van der Waals surface area contributed by atoms with Crippen LogP contribution in [0, 0.1) is 0 Å². The van der Waals surface area contributed by atoms with Gasteiger partial charge in [0, 0.05) is 5.82 Å². The number of ether oxygens (including phenoxy) is 2. The van der Waals surface area contributed by atoms with Crippen molar-refractivity contribution in [3.63, 3.8) is 0 Å². The molecule has 0 aromatic heterocycles. The fourth-order valence-corrected chi connectivity index (χ4v) is 2.75. The second-order valence-corrected chi connectivity index (χ2v) is 7.29. The minimum Gasteiger partial charge on any atom is -0.481 e. The molecule has 1 fully saturated rings. The number of hydrogen-bond donors (Lipinski definition) is 1. The molecule has 1 atom stereocenters. The second kappa shape index (κ2) is 8.16. The number of aliphatic carboxylic acids is 1. The third kappa shape index (κ3) is 5.08. The molecule has 1 saturated heterocycles. The number of carboxylic acid groups (broad SMARTS) is 1. The third-order valence-electron chi connectivity index (χ3n) is 4.82. The van der Waals surface area contributed by atoms with Crippen LogP contribution in [0.1, 0.15) is 45.5 Å². The predicted octanol–water partition coefficient (Wildman–Crippen LogP) is 4.08. The molecule has 1 heterocycles. The van der Waals surface area contributed by atoms with Crippen LogP contribution in [0.2, 0.25) is 0 Å². The largest absolute Gasteiger partial charge is 0.481 e. The van der Waals surface area contributed by atoms with E-state index in [1.807, 2.05) is 0 Å². The van der Waals surface area contributed by atoms with Crippen LogP contribution < -0.4 is 9.47 Å². The van der Waals surface area contributed by atoms with E-state index in [2.05, 4.69) is 9.47 Å². The molecule has 0 amide bonds. The first-order chi connectivity index (χ1) is 12.8. The number of benzene rings is 1. The highest BCUT2D eigenvalue weighted by Gasteiger charge is 2.54. The lowest BCUT2D eigenvalue weighted by atomic mass is 9.66. The summed E-state index contributed by atoms with van der Waals surface area (Å²) in [5.41, 5.74) is -1.30. The van der Waals surface area contributed by atoms with Crippen LogP contribution in [-0.4, -0.2) is 42.6 Å². The first-order valence-electron chi connectivity index (χ1n) is 8.43. The zero-order chi connectivity index (χ0) is 21.3. The van der Waals surface area contributed by atoms with Gasteiger partial charge in [-0.3, -0.25) is 4.79 Å². The van der Waals surface area contributed by atoms with Crippen LogP contribution in [0.15, 0.2) is 18.2 Å². The van der Waals surface area contributed by atoms with E-state index in [9.17, 15) is 27.5 Å². The number of carboxylic acids is 1. The quantitative estimate of drug-likeness (QED) is 0.516. The molecule has 0 saturated carbocycles. The Morgan fingerprint density at radius 1 is 1.04 bits per heavy atom. The van der Waals surface area contributed by atoms with Crippen LogP contribution in [0.3, 0.4) is 0 Å². The van der Waals surface area contributed by atoms with Gasteiger partial charge in [-0.1, -0.05) is 6.07 Å². The molecule has 0 bridgehead atoms. The van der Waals surface area contributed by atoms with E-state index in [-0.39, 0.29) is 5.56 Å². The summed E-state index contributed by atoms with van der Waals surface area (Å²) in [7, 11) is -0.998. The maximum Gasteiger partial charge on any atom is 0.466 e. The summed E-state index contributed by atoms with van der Waals surface area (Å²) in [6.07, 6.45) is -0.444. The minimum atomic E-state index is -3.29. The Balaban J connectivity index is 2.42. The Morgan fingerprint density at radius 3 is 2.00 bits per heavy atom. The van der Waals surface area contributed by atoms with Crippen molar-refractivity contribution >= 4 is 13.1 Å². The highest BCUT2D eigenvalue weighted by Crippen LogP contribution is 2.43. The van der Waals surface area contributed by atoms with E-state index >= 15 is 0 Å². The highest BCUT2D eigenvalue weighted by molar-refractivity contribution is 6.48. The van der Waals surface area contributed by atoms with Gasteiger partial charge in [0.05, 0.1) is 17.6 Å². The second-order valence-electron chi connectivity index (χ2n) is 7.29. The number of carbonyl (C=O) groups is 1. The first kappa shape index (κ1) is 22.3. The topological polar surface area (TPSA) is 74.2 Å². The summed E-state index contributed by atoms with van der Waals surface area (Å²) < 4.78 is 70.5. The molecule has 28 heavy (non-hydrogen) atoms. The standard InChI is InChI=1S/C17H21BF4O6/c1-16(2)17(3,4)28-18(27-16)10(8-13(23)24)9-5-6-11(25-14(19)20)12(7-9)26-15(21)22/h5-7,10,14-15H,8H2,1-4H3,(H,23,24). The van der Waals surface area contributed by atoms with Crippen molar-refractivity contribution in [2.24, 2.45) is 0 Å². The molecular weight excluding hydrogens is 387 g/mol. The lowest BCUT2D eigenvalue weighted by Gasteiger charge is -2.32. The third-order valence-corrected chi connectivity index (χ3v) is 4.82. The Bertz CT molecular complexity index is 697. The first-order valence-corrected chi connectivity index (χ1v) is 8.43. The highest BCUT2D eigenvalue weighted by atomic mass is 19.3. The number of rotatable bonds is 8. The van der Waals surface area contributed by atoms with Gasteiger partial charge in [-0.25, -0.2) is 0 Å². The van der Waals surface area contributed by atoms with Gasteiger partial charge in [0.15, 0.2) is 11.5 Å². The van der Waals surface area contributed by atoms with Crippen LogP contribution in [0.4, 0.5) is 17.6 Å². The van der Waals surface area contributed by atoms with E-state index in [4.69, 9.17) is 9.31 Å². The molecule has 0 radical (unpaired) electrons. The fourth-order valence-electron chi connectivity index (χ4n) is 2.75. The lowest BCUT2D eigenvalue weighted by molar-refractivity contribution is -0.137. The maximum absolute atomic E-state index is 12.7. The Morgan fingerprint density at radius 2 is 1.54 bits per heavy atom. The van der Waals surface area contributed by atoms with Crippen molar-refractivity contribution < 1.29 is 46.2 Å². The summed E-state index contributed by atoms with van der Waals surface area (Å²) in [5.74, 6) is -3.31. The average molecular weight is 408 g/mol. The molecule has 156 valence electrons. The Labute approximate surface area is 159 Å². The molecule has 1 aliphatic heterocycles. The normalized spacial score (nSPS) is 19.1. The van der Waals surface area contributed by atoms with Gasteiger partial charge in [0.2, 0.25) is 0 Å². The van der Waals surface area contributed by atoms with E-state index < -0.39 is 61.2 Å². The summed E-state index contributed by atoms with van der Waals surface area (Å²) in [6.45, 7) is 0.561. The van der Waals surface area contributed by atoms with E-state index in [1.165, 1.54) is 6.07 Å². The monoisotopic (exact) mass is 408 g/mol. The molecular formula is C17H21BF4O6. The molecule has 11 heteroatoms. The Hall–Kier alpha value is -2.01. The number of hydrogen-bond acceptors (Lipinski definition) is 5. The zero-order valence-electron chi connectivity index (χ0n) is 15.7. The molecule has 1 aromatic carbocycles. The fraction of sp³-hybridized carbons (Fsp3) is 0.588. The molecule has 2 rings (SSSR count). The minimum absolute atomic E-state index is 0.207. The van der Waals surface area contributed by atoms with Gasteiger partial charge in [-0.15, -0.1) is 0 Å². The van der Waals surface area contributed by atoms with Crippen molar-refractivity contribution in [1.29, 1.82) is 0 Å². The molecule has 1 unspecified atom stereocenters. The Kier molecular flexibility index (Phi) is 6.49. The molecule has 1 aromatic rings.